The maximum absolute atomic E-state index is 8.66. The highest BCUT2D eigenvalue weighted by molar-refractivity contribution is 9.10. The number of benzene rings is 1. The lowest BCUT2D eigenvalue weighted by molar-refractivity contribution is 0.318. The van der Waals surface area contributed by atoms with Gasteiger partial charge in [0.25, 0.3) is 0 Å². The number of rotatable bonds is 1. The fourth-order valence-corrected chi connectivity index (χ4v) is 2.33. The molecule has 0 aliphatic heterocycles. The second-order valence-corrected chi connectivity index (χ2v) is 4.45. The molecular weight excluding hydrogens is 293 g/mol. The van der Waals surface area contributed by atoms with Gasteiger partial charge in [-0.2, -0.15) is 0 Å². The second-order valence-electron chi connectivity index (χ2n) is 3.13. The number of pyridine rings is 1. The van der Waals surface area contributed by atoms with Gasteiger partial charge < -0.3 is 10.9 Å². The first-order valence-electron chi connectivity index (χ1n) is 4.35. The van der Waals surface area contributed by atoms with Crippen molar-refractivity contribution in [2.75, 3.05) is 0 Å². The van der Waals surface area contributed by atoms with Crippen molar-refractivity contribution in [1.82, 2.24) is 4.98 Å². The van der Waals surface area contributed by atoms with Crippen molar-refractivity contribution in [2.24, 2.45) is 10.9 Å². The van der Waals surface area contributed by atoms with Crippen LogP contribution in [0.25, 0.3) is 10.8 Å². The van der Waals surface area contributed by atoms with Gasteiger partial charge in [-0.3, -0.25) is 4.98 Å². The first-order chi connectivity index (χ1) is 7.63. The molecule has 0 bridgehead atoms. The first-order valence-corrected chi connectivity index (χ1v) is 5.52. The van der Waals surface area contributed by atoms with Gasteiger partial charge >= 0.3 is 0 Å². The van der Waals surface area contributed by atoms with E-state index in [4.69, 9.17) is 22.5 Å². The molecule has 1 heterocycles. The quantitative estimate of drug-likeness (QED) is 0.368. The van der Waals surface area contributed by atoms with Crippen molar-refractivity contribution in [3.05, 3.63) is 39.6 Å². The molecular formula is C10H7BrClN3O. The zero-order chi connectivity index (χ0) is 11.7. The number of halogens is 2. The van der Waals surface area contributed by atoms with Crippen molar-refractivity contribution in [2.45, 2.75) is 0 Å². The highest BCUT2D eigenvalue weighted by Crippen LogP contribution is 2.29. The van der Waals surface area contributed by atoms with Crippen molar-refractivity contribution >= 4 is 44.1 Å². The summed E-state index contributed by atoms with van der Waals surface area (Å²) >= 11 is 9.41. The Bertz CT molecular complexity index is 586. The molecule has 0 atom stereocenters. The molecule has 2 aromatic rings. The lowest BCUT2D eigenvalue weighted by Crippen LogP contribution is -2.15. The van der Waals surface area contributed by atoms with Crippen LogP contribution in [0.4, 0.5) is 0 Å². The zero-order valence-electron chi connectivity index (χ0n) is 7.98. The van der Waals surface area contributed by atoms with Crippen molar-refractivity contribution < 1.29 is 5.21 Å². The van der Waals surface area contributed by atoms with Gasteiger partial charge in [0, 0.05) is 26.5 Å². The van der Waals surface area contributed by atoms with Crippen LogP contribution in [-0.2, 0) is 0 Å². The summed E-state index contributed by atoms with van der Waals surface area (Å²) in [6.07, 6.45) is 1.56. The van der Waals surface area contributed by atoms with Gasteiger partial charge in [-0.1, -0.05) is 32.7 Å². The molecule has 0 unspecified atom stereocenters. The highest BCUT2D eigenvalue weighted by Gasteiger charge is 2.09. The number of aromatic nitrogens is 1. The van der Waals surface area contributed by atoms with Crippen LogP contribution in [0, 0.1) is 0 Å². The van der Waals surface area contributed by atoms with Gasteiger partial charge in [-0.25, -0.2) is 0 Å². The third-order valence-electron chi connectivity index (χ3n) is 2.14. The standard InChI is InChI=1S/C10H7BrClN3O/c11-5-3-7-6(8(12)4-5)1-2-14-9(7)10(13)15-16/h1-4,16H,(H2,13,15). The average molecular weight is 301 g/mol. The topological polar surface area (TPSA) is 71.5 Å². The number of hydrogen-bond acceptors (Lipinski definition) is 3. The lowest BCUT2D eigenvalue weighted by atomic mass is 10.1. The SMILES string of the molecule is N/C(=N/O)c1nccc2c(Cl)cc(Br)cc12. The van der Waals surface area contributed by atoms with Gasteiger partial charge in [0.2, 0.25) is 0 Å². The van der Waals surface area contributed by atoms with E-state index in [0.717, 1.165) is 15.2 Å². The van der Waals surface area contributed by atoms with Gasteiger partial charge in [-0.15, -0.1) is 0 Å². The van der Waals surface area contributed by atoms with E-state index < -0.39 is 0 Å². The van der Waals surface area contributed by atoms with Crippen LogP contribution in [0.5, 0.6) is 0 Å². The number of nitrogens with zero attached hydrogens (tertiary/aromatic N) is 2. The average Bonchev–Trinajstić information content (AvgIpc) is 2.27. The highest BCUT2D eigenvalue weighted by atomic mass is 79.9. The molecule has 0 amide bonds. The maximum Gasteiger partial charge on any atom is 0.189 e. The Morgan fingerprint density at radius 1 is 1.44 bits per heavy atom. The molecule has 3 N–H and O–H groups in total. The number of amidine groups is 1. The molecule has 0 radical (unpaired) electrons. The van der Waals surface area contributed by atoms with Crippen molar-refractivity contribution in [3.8, 4) is 0 Å². The molecule has 4 nitrogen and oxygen atoms in total. The summed E-state index contributed by atoms with van der Waals surface area (Å²) in [4.78, 5) is 4.06. The fourth-order valence-electron chi connectivity index (χ4n) is 1.46. The van der Waals surface area contributed by atoms with E-state index in [1.807, 2.05) is 6.07 Å². The Hall–Kier alpha value is -1.33. The van der Waals surface area contributed by atoms with Crippen LogP contribution < -0.4 is 5.73 Å². The minimum atomic E-state index is -0.0419. The zero-order valence-corrected chi connectivity index (χ0v) is 10.3. The smallest absolute Gasteiger partial charge is 0.189 e. The third kappa shape index (κ3) is 1.83. The Kier molecular flexibility index (Phi) is 2.98. The first kappa shape index (κ1) is 11.2. The third-order valence-corrected chi connectivity index (χ3v) is 2.92. The van der Waals surface area contributed by atoms with Gasteiger partial charge in [0.15, 0.2) is 5.84 Å². The van der Waals surface area contributed by atoms with E-state index >= 15 is 0 Å². The summed E-state index contributed by atoms with van der Waals surface area (Å²) in [5.41, 5.74) is 5.95. The monoisotopic (exact) mass is 299 g/mol. The van der Waals surface area contributed by atoms with E-state index in [9.17, 15) is 0 Å². The summed E-state index contributed by atoms with van der Waals surface area (Å²) in [6, 6.07) is 5.37. The van der Waals surface area contributed by atoms with E-state index in [2.05, 4.69) is 26.1 Å². The van der Waals surface area contributed by atoms with E-state index in [1.54, 1.807) is 18.3 Å². The number of oxime groups is 1. The van der Waals surface area contributed by atoms with Crippen LogP contribution in [-0.4, -0.2) is 16.0 Å². The largest absolute Gasteiger partial charge is 0.409 e. The predicted octanol–water partition coefficient (Wildman–Crippen LogP) is 2.75. The van der Waals surface area contributed by atoms with Crippen LogP contribution in [0.1, 0.15) is 5.69 Å². The van der Waals surface area contributed by atoms with Crippen LogP contribution >= 0.6 is 27.5 Å². The Labute approximate surface area is 105 Å². The predicted molar refractivity (Wildman–Crippen MR) is 67.0 cm³/mol. The summed E-state index contributed by atoms with van der Waals surface area (Å²) in [5.74, 6) is -0.0419. The Morgan fingerprint density at radius 2 is 2.19 bits per heavy atom. The Balaban J connectivity index is 2.87. The molecule has 0 aliphatic carbocycles. The molecule has 82 valence electrons. The maximum atomic E-state index is 8.66. The summed E-state index contributed by atoms with van der Waals surface area (Å²) < 4.78 is 0.810. The van der Waals surface area contributed by atoms with Crippen molar-refractivity contribution in [3.63, 3.8) is 0 Å². The molecule has 0 saturated carbocycles. The van der Waals surface area contributed by atoms with Gasteiger partial charge in [0.1, 0.15) is 5.69 Å². The number of hydrogen-bond donors (Lipinski definition) is 2. The molecule has 16 heavy (non-hydrogen) atoms. The summed E-state index contributed by atoms with van der Waals surface area (Å²) in [6.45, 7) is 0. The van der Waals surface area contributed by atoms with Crippen LogP contribution in [0.2, 0.25) is 5.02 Å². The molecule has 0 spiro atoms. The summed E-state index contributed by atoms with van der Waals surface area (Å²) in [7, 11) is 0. The van der Waals surface area contributed by atoms with E-state index in [1.165, 1.54) is 0 Å². The van der Waals surface area contributed by atoms with E-state index in [-0.39, 0.29) is 5.84 Å². The summed E-state index contributed by atoms with van der Waals surface area (Å²) in [5, 5.41) is 13.7. The van der Waals surface area contributed by atoms with Crippen LogP contribution in [0.3, 0.4) is 0 Å². The fraction of sp³-hybridized carbons (Fsp3) is 0. The van der Waals surface area contributed by atoms with Crippen LogP contribution in [0.15, 0.2) is 34.0 Å². The molecule has 0 fully saturated rings. The minimum Gasteiger partial charge on any atom is -0.409 e. The molecule has 0 aliphatic rings. The lowest BCUT2D eigenvalue weighted by Gasteiger charge is -2.06. The number of nitrogens with two attached hydrogens (primary N) is 1. The molecule has 0 saturated heterocycles. The molecule has 6 heteroatoms. The minimum absolute atomic E-state index is 0.0419. The molecule has 1 aromatic carbocycles. The van der Waals surface area contributed by atoms with Gasteiger partial charge in [-0.05, 0) is 18.2 Å². The number of fused-ring (bicyclic) bond motifs is 1. The van der Waals surface area contributed by atoms with Crippen molar-refractivity contribution in [1.29, 1.82) is 0 Å². The molecule has 1 aromatic heterocycles. The van der Waals surface area contributed by atoms with E-state index in [0.29, 0.717) is 10.7 Å². The molecule has 2 rings (SSSR count). The second kappa shape index (κ2) is 4.27. The van der Waals surface area contributed by atoms with Gasteiger partial charge in [0.05, 0.1) is 0 Å². The Morgan fingerprint density at radius 3 is 2.88 bits per heavy atom. The normalized spacial score (nSPS) is 12.0.